The summed E-state index contributed by atoms with van der Waals surface area (Å²) in [5, 5.41) is 0.734. The average Bonchev–Trinajstić information content (AvgIpc) is 2.93. The smallest absolute Gasteiger partial charge is 0.0964 e. The molecule has 2 atom stereocenters. The third kappa shape index (κ3) is 2.67. The van der Waals surface area contributed by atoms with E-state index in [1.54, 1.807) is 0 Å². The number of para-hydroxylation sites is 2. The lowest BCUT2D eigenvalue weighted by atomic mass is 9.97. The number of benzene rings is 2. The van der Waals surface area contributed by atoms with E-state index in [-0.39, 0.29) is 12.1 Å². The fourth-order valence-electron chi connectivity index (χ4n) is 2.70. The Kier molecular flexibility index (Phi) is 3.95. The second-order valence-electron chi connectivity index (χ2n) is 5.21. The molecule has 0 aliphatic heterocycles. The first-order chi connectivity index (χ1) is 10.2. The molecule has 3 aromatic rings. The number of halogens is 1. The van der Waals surface area contributed by atoms with Crippen molar-refractivity contribution in [3.63, 3.8) is 0 Å². The molecule has 1 heterocycles. The summed E-state index contributed by atoms with van der Waals surface area (Å²) in [6, 6.07) is 16.1. The van der Waals surface area contributed by atoms with Gasteiger partial charge in [-0.05, 0) is 36.2 Å². The Balaban J connectivity index is 2.13. The molecular formula is C17H18ClN3. The van der Waals surface area contributed by atoms with Crippen molar-refractivity contribution in [3.8, 4) is 0 Å². The van der Waals surface area contributed by atoms with E-state index in [0.717, 1.165) is 28.0 Å². The number of hydrogen-bond donors (Lipinski definition) is 1. The highest BCUT2D eigenvalue weighted by atomic mass is 35.5. The zero-order valence-corrected chi connectivity index (χ0v) is 12.7. The lowest BCUT2D eigenvalue weighted by molar-refractivity contribution is 0.467. The Morgan fingerprint density at radius 2 is 1.86 bits per heavy atom. The van der Waals surface area contributed by atoms with Crippen LogP contribution in [-0.2, 0) is 0 Å². The molecule has 108 valence electrons. The van der Waals surface area contributed by atoms with Gasteiger partial charge in [-0.2, -0.15) is 0 Å². The maximum atomic E-state index is 6.39. The summed E-state index contributed by atoms with van der Waals surface area (Å²) >= 11 is 6.00. The summed E-state index contributed by atoms with van der Waals surface area (Å²) in [6.07, 6.45) is 2.76. The predicted octanol–water partition coefficient (Wildman–Crippen LogP) is 4.02. The van der Waals surface area contributed by atoms with Crippen LogP contribution in [0.15, 0.2) is 54.9 Å². The van der Waals surface area contributed by atoms with Gasteiger partial charge in [-0.3, -0.25) is 0 Å². The Bertz CT molecular complexity index is 733. The summed E-state index contributed by atoms with van der Waals surface area (Å²) in [7, 11) is 0. The third-order valence-corrected chi connectivity index (χ3v) is 4.12. The van der Waals surface area contributed by atoms with Crippen molar-refractivity contribution in [2.75, 3.05) is 0 Å². The minimum absolute atomic E-state index is 0.0174. The highest BCUT2D eigenvalue weighted by Gasteiger charge is 2.22. The number of fused-ring (bicyclic) bond motifs is 1. The molecule has 1 aromatic heterocycles. The van der Waals surface area contributed by atoms with Gasteiger partial charge in [0.05, 0.1) is 23.4 Å². The molecule has 0 fully saturated rings. The first kappa shape index (κ1) is 14.1. The maximum absolute atomic E-state index is 6.39. The van der Waals surface area contributed by atoms with E-state index in [4.69, 9.17) is 17.3 Å². The van der Waals surface area contributed by atoms with Gasteiger partial charge in [-0.1, -0.05) is 42.8 Å². The van der Waals surface area contributed by atoms with Gasteiger partial charge in [0, 0.05) is 11.1 Å². The van der Waals surface area contributed by atoms with Crippen LogP contribution in [0.5, 0.6) is 0 Å². The Hall–Kier alpha value is -1.84. The number of nitrogens with two attached hydrogens (primary N) is 1. The van der Waals surface area contributed by atoms with E-state index < -0.39 is 0 Å². The molecule has 0 spiro atoms. The van der Waals surface area contributed by atoms with E-state index in [0.29, 0.717) is 0 Å². The van der Waals surface area contributed by atoms with Gasteiger partial charge >= 0.3 is 0 Å². The monoisotopic (exact) mass is 299 g/mol. The highest BCUT2D eigenvalue weighted by Crippen LogP contribution is 2.27. The number of nitrogens with zero attached hydrogens (tertiary/aromatic N) is 2. The Morgan fingerprint density at radius 3 is 2.57 bits per heavy atom. The van der Waals surface area contributed by atoms with Crippen LogP contribution in [0.1, 0.15) is 24.9 Å². The van der Waals surface area contributed by atoms with Gasteiger partial charge in [0.1, 0.15) is 0 Å². The first-order valence-electron chi connectivity index (χ1n) is 7.13. The number of hydrogen-bond acceptors (Lipinski definition) is 2. The molecule has 21 heavy (non-hydrogen) atoms. The van der Waals surface area contributed by atoms with Crippen LogP contribution >= 0.6 is 11.6 Å². The molecule has 0 amide bonds. The van der Waals surface area contributed by atoms with Crippen molar-refractivity contribution < 1.29 is 0 Å². The van der Waals surface area contributed by atoms with Crippen molar-refractivity contribution in [3.05, 3.63) is 65.4 Å². The predicted molar refractivity (Wildman–Crippen MR) is 87.6 cm³/mol. The van der Waals surface area contributed by atoms with Crippen LogP contribution in [0, 0.1) is 0 Å². The van der Waals surface area contributed by atoms with E-state index in [9.17, 15) is 0 Å². The molecule has 0 saturated heterocycles. The van der Waals surface area contributed by atoms with Crippen LogP contribution in [0.25, 0.3) is 11.0 Å². The summed E-state index contributed by atoms with van der Waals surface area (Å²) in [5.41, 5.74) is 9.62. The summed E-state index contributed by atoms with van der Waals surface area (Å²) in [6.45, 7) is 2.10. The van der Waals surface area contributed by atoms with Gasteiger partial charge in [0.25, 0.3) is 0 Å². The fraction of sp³-hybridized carbons (Fsp3) is 0.235. The minimum Gasteiger partial charge on any atom is -0.326 e. The van der Waals surface area contributed by atoms with Crippen LogP contribution in [-0.4, -0.2) is 15.6 Å². The van der Waals surface area contributed by atoms with Crippen LogP contribution in [0.2, 0.25) is 5.02 Å². The molecule has 0 bridgehead atoms. The second kappa shape index (κ2) is 5.88. The molecule has 0 saturated carbocycles. The summed E-state index contributed by atoms with van der Waals surface area (Å²) < 4.78 is 2.16. The topological polar surface area (TPSA) is 43.8 Å². The molecule has 2 unspecified atom stereocenters. The average molecular weight is 300 g/mol. The minimum atomic E-state index is 0.0174. The van der Waals surface area contributed by atoms with Crippen molar-refractivity contribution in [2.24, 2.45) is 5.73 Å². The molecule has 2 N–H and O–H groups in total. The molecular weight excluding hydrogens is 282 g/mol. The van der Waals surface area contributed by atoms with Crippen molar-refractivity contribution in [1.82, 2.24) is 9.55 Å². The molecule has 2 aromatic carbocycles. The van der Waals surface area contributed by atoms with Crippen LogP contribution in [0.4, 0.5) is 0 Å². The van der Waals surface area contributed by atoms with Crippen LogP contribution < -0.4 is 5.73 Å². The Morgan fingerprint density at radius 1 is 1.14 bits per heavy atom. The summed E-state index contributed by atoms with van der Waals surface area (Å²) in [4.78, 5) is 4.48. The van der Waals surface area contributed by atoms with Gasteiger partial charge < -0.3 is 10.3 Å². The second-order valence-corrected chi connectivity index (χ2v) is 5.65. The SMILES string of the molecule is CCC(N)C(c1ccc(Cl)cc1)n1cnc2ccccc21. The van der Waals surface area contributed by atoms with Gasteiger partial charge in [0.2, 0.25) is 0 Å². The van der Waals surface area contributed by atoms with Crippen molar-refractivity contribution in [1.29, 1.82) is 0 Å². The van der Waals surface area contributed by atoms with Crippen LogP contribution in [0.3, 0.4) is 0 Å². The molecule has 0 aliphatic rings. The van der Waals surface area contributed by atoms with Gasteiger partial charge in [0.15, 0.2) is 0 Å². The normalized spacial score (nSPS) is 14.2. The number of aromatic nitrogens is 2. The summed E-state index contributed by atoms with van der Waals surface area (Å²) in [5.74, 6) is 0. The van der Waals surface area contributed by atoms with Crippen molar-refractivity contribution >= 4 is 22.6 Å². The van der Waals surface area contributed by atoms with E-state index in [1.165, 1.54) is 0 Å². The lowest BCUT2D eigenvalue weighted by Gasteiger charge is -2.25. The first-order valence-corrected chi connectivity index (χ1v) is 7.51. The molecule has 0 aliphatic carbocycles. The highest BCUT2D eigenvalue weighted by molar-refractivity contribution is 6.30. The van der Waals surface area contributed by atoms with E-state index in [2.05, 4.69) is 22.5 Å². The maximum Gasteiger partial charge on any atom is 0.0964 e. The molecule has 3 rings (SSSR count). The van der Waals surface area contributed by atoms with E-state index >= 15 is 0 Å². The zero-order valence-electron chi connectivity index (χ0n) is 11.9. The Labute approximate surface area is 129 Å². The van der Waals surface area contributed by atoms with Crippen molar-refractivity contribution in [2.45, 2.75) is 25.4 Å². The molecule has 3 nitrogen and oxygen atoms in total. The number of imidazole rings is 1. The largest absolute Gasteiger partial charge is 0.326 e. The number of rotatable bonds is 4. The molecule has 4 heteroatoms. The van der Waals surface area contributed by atoms with E-state index in [1.807, 2.05) is 48.8 Å². The third-order valence-electron chi connectivity index (χ3n) is 3.87. The molecule has 0 radical (unpaired) electrons. The standard InChI is InChI=1S/C17H18ClN3/c1-2-14(19)17(12-7-9-13(18)10-8-12)21-11-20-15-5-3-4-6-16(15)21/h3-11,14,17H,2,19H2,1H3. The zero-order chi connectivity index (χ0) is 14.8. The van der Waals surface area contributed by atoms with Gasteiger partial charge in [-0.25, -0.2) is 4.98 Å². The quantitative estimate of drug-likeness (QED) is 0.791. The fourth-order valence-corrected chi connectivity index (χ4v) is 2.82. The van der Waals surface area contributed by atoms with Gasteiger partial charge in [-0.15, -0.1) is 0 Å². The lowest BCUT2D eigenvalue weighted by Crippen LogP contribution is -2.32.